The minimum atomic E-state index is -0.212. The third kappa shape index (κ3) is 4.94. The van der Waals surface area contributed by atoms with Crippen LogP contribution in [0.1, 0.15) is 12.0 Å². The zero-order chi connectivity index (χ0) is 19.9. The van der Waals surface area contributed by atoms with Gasteiger partial charge in [-0.15, -0.1) is 0 Å². The summed E-state index contributed by atoms with van der Waals surface area (Å²) in [6.45, 7) is 3.46. The highest BCUT2D eigenvalue weighted by atomic mass is 19.1. The van der Waals surface area contributed by atoms with Crippen molar-refractivity contribution >= 4 is 11.6 Å². The largest absolute Gasteiger partial charge is 0.495 e. The summed E-state index contributed by atoms with van der Waals surface area (Å²) in [4.78, 5) is 8.77. The molecule has 1 atom stereocenters. The minimum absolute atomic E-state index is 0.212. The Kier molecular flexibility index (Phi) is 6.74. The lowest BCUT2D eigenvalue weighted by atomic mass is 10.1. The molecule has 1 N–H and O–H groups in total. The van der Waals surface area contributed by atoms with Gasteiger partial charge in [0.15, 0.2) is 5.96 Å². The first kappa shape index (κ1) is 20.0. The summed E-state index contributed by atoms with van der Waals surface area (Å²) in [7, 11) is 5.46. The van der Waals surface area contributed by atoms with E-state index >= 15 is 0 Å². The van der Waals surface area contributed by atoms with Crippen LogP contribution in [0.2, 0.25) is 0 Å². The van der Waals surface area contributed by atoms with Crippen LogP contribution in [0.25, 0.3) is 0 Å². The van der Waals surface area contributed by atoms with Gasteiger partial charge in [-0.2, -0.15) is 0 Å². The first-order chi connectivity index (χ1) is 13.6. The van der Waals surface area contributed by atoms with Crippen LogP contribution < -0.4 is 15.0 Å². The molecule has 1 fully saturated rings. The van der Waals surface area contributed by atoms with Crippen molar-refractivity contribution in [3.05, 3.63) is 59.9 Å². The van der Waals surface area contributed by atoms with E-state index in [9.17, 15) is 4.39 Å². The van der Waals surface area contributed by atoms with Crippen LogP contribution in [0.5, 0.6) is 5.75 Å². The van der Waals surface area contributed by atoms with Gasteiger partial charge in [-0.3, -0.25) is 4.99 Å². The van der Waals surface area contributed by atoms with E-state index in [2.05, 4.69) is 21.3 Å². The van der Waals surface area contributed by atoms with Gasteiger partial charge < -0.3 is 19.9 Å². The lowest BCUT2D eigenvalue weighted by molar-refractivity contribution is 0.414. The number of nitrogens with zero attached hydrogens (tertiary/aromatic N) is 3. The number of hydrogen-bond donors (Lipinski definition) is 1. The number of hydrogen-bond acceptors (Lipinski definition) is 3. The van der Waals surface area contributed by atoms with Crippen LogP contribution in [-0.2, 0) is 6.54 Å². The predicted octanol–water partition coefficient (Wildman–Crippen LogP) is 3.37. The van der Waals surface area contributed by atoms with Gasteiger partial charge >= 0.3 is 0 Å². The Bertz CT molecular complexity index is 811. The molecule has 1 saturated heterocycles. The van der Waals surface area contributed by atoms with Crippen LogP contribution in [0.15, 0.2) is 53.5 Å². The topological polar surface area (TPSA) is 40.1 Å². The fourth-order valence-corrected chi connectivity index (χ4v) is 3.71. The minimum Gasteiger partial charge on any atom is -0.495 e. The molecule has 2 aromatic rings. The molecule has 0 spiro atoms. The lowest BCUT2D eigenvalue weighted by Gasteiger charge is -2.24. The highest BCUT2D eigenvalue weighted by Crippen LogP contribution is 2.31. The Hall–Kier alpha value is -2.76. The Morgan fingerprint density at radius 3 is 2.86 bits per heavy atom. The van der Waals surface area contributed by atoms with Crippen molar-refractivity contribution in [3.8, 4) is 5.75 Å². The zero-order valence-electron chi connectivity index (χ0n) is 16.9. The molecule has 1 unspecified atom stereocenters. The van der Waals surface area contributed by atoms with Gasteiger partial charge in [0.25, 0.3) is 0 Å². The molecular formula is C22H29FN4O. The highest BCUT2D eigenvalue weighted by molar-refractivity contribution is 5.79. The second-order valence-electron chi connectivity index (χ2n) is 7.19. The molecule has 0 radical (unpaired) electrons. The number of nitrogens with one attached hydrogen (secondary N) is 1. The maximum Gasteiger partial charge on any atom is 0.193 e. The highest BCUT2D eigenvalue weighted by Gasteiger charge is 2.25. The number of halogens is 1. The smallest absolute Gasteiger partial charge is 0.193 e. The van der Waals surface area contributed by atoms with Crippen molar-refractivity contribution in [1.29, 1.82) is 0 Å². The van der Waals surface area contributed by atoms with Crippen molar-refractivity contribution in [1.82, 2.24) is 10.2 Å². The average Bonchev–Trinajstić information content (AvgIpc) is 3.17. The van der Waals surface area contributed by atoms with Gasteiger partial charge in [0.1, 0.15) is 11.6 Å². The van der Waals surface area contributed by atoms with Gasteiger partial charge in [-0.1, -0.05) is 24.3 Å². The number of ether oxygens (including phenoxy) is 1. The third-order valence-electron chi connectivity index (χ3n) is 5.14. The predicted molar refractivity (Wildman–Crippen MR) is 113 cm³/mol. The zero-order valence-corrected chi connectivity index (χ0v) is 16.9. The standard InChI is InChI=1S/C22H29FN4O/c1-24-22(26(2)15-17-7-6-8-19(23)13-17)25-14-18-11-12-27(16-18)20-9-4-5-10-21(20)28-3/h4-10,13,18H,11-12,14-16H2,1-3H3,(H,24,25). The van der Waals surface area contributed by atoms with Crippen LogP contribution in [0.3, 0.4) is 0 Å². The number of para-hydroxylation sites is 2. The van der Waals surface area contributed by atoms with Crippen LogP contribution in [0.4, 0.5) is 10.1 Å². The van der Waals surface area contributed by atoms with Gasteiger partial charge in [0, 0.05) is 40.3 Å². The number of methoxy groups -OCH3 is 1. The second-order valence-corrected chi connectivity index (χ2v) is 7.19. The summed E-state index contributed by atoms with van der Waals surface area (Å²) in [6, 6.07) is 14.8. The molecule has 1 heterocycles. The van der Waals surface area contributed by atoms with Crippen molar-refractivity contribution in [3.63, 3.8) is 0 Å². The van der Waals surface area contributed by atoms with E-state index in [-0.39, 0.29) is 5.82 Å². The van der Waals surface area contributed by atoms with Gasteiger partial charge in [-0.25, -0.2) is 4.39 Å². The summed E-state index contributed by atoms with van der Waals surface area (Å²) in [5.74, 6) is 2.06. The molecule has 150 valence electrons. The summed E-state index contributed by atoms with van der Waals surface area (Å²) < 4.78 is 18.9. The molecule has 1 aliphatic rings. The van der Waals surface area contributed by atoms with E-state index in [1.54, 1.807) is 26.3 Å². The molecule has 1 aliphatic heterocycles. The second kappa shape index (κ2) is 9.44. The summed E-state index contributed by atoms with van der Waals surface area (Å²) >= 11 is 0. The van der Waals surface area contributed by atoms with E-state index < -0.39 is 0 Å². The molecule has 0 aliphatic carbocycles. The first-order valence-corrected chi connectivity index (χ1v) is 9.65. The summed E-state index contributed by atoms with van der Waals surface area (Å²) in [5.41, 5.74) is 2.08. The molecule has 3 rings (SSSR count). The van der Waals surface area contributed by atoms with Crippen molar-refractivity contribution in [2.45, 2.75) is 13.0 Å². The van der Waals surface area contributed by atoms with E-state index in [1.807, 2.05) is 36.2 Å². The normalized spacial score (nSPS) is 16.9. The SMILES string of the molecule is CN=C(NCC1CCN(c2ccccc2OC)C1)N(C)Cc1cccc(F)c1. The quantitative estimate of drug-likeness (QED) is 0.612. The molecule has 6 heteroatoms. The summed E-state index contributed by atoms with van der Waals surface area (Å²) in [5, 5.41) is 3.47. The molecule has 0 amide bonds. The maximum atomic E-state index is 13.4. The Labute approximate surface area is 166 Å². The average molecular weight is 384 g/mol. The van der Waals surface area contributed by atoms with Gasteiger partial charge in [-0.05, 0) is 42.2 Å². The first-order valence-electron chi connectivity index (χ1n) is 9.65. The number of anilines is 1. The fraction of sp³-hybridized carbons (Fsp3) is 0.409. The van der Waals surface area contributed by atoms with E-state index in [0.717, 1.165) is 49.0 Å². The van der Waals surface area contributed by atoms with E-state index in [0.29, 0.717) is 12.5 Å². The third-order valence-corrected chi connectivity index (χ3v) is 5.14. The van der Waals surface area contributed by atoms with Crippen molar-refractivity contribution in [2.24, 2.45) is 10.9 Å². The van der Waals surface area contributed by atoms with Crippen LogP contribution in [-0.4, -0.2) is 51.7 Å². The number of aliphatic imine (C=N–C) groups is 1. The number of guanidine groups is 1. The van der Waals surface area contributed by atoms with Gasteiger partial charge in [0.05, 0.1) is 12.8 Å². The molecule has 0 bridgehead atoms. The van der Waals surface area contributed by atoms with E-state index in [1.165, 1.54) is 6.07 Å². The van der Waals surface area contributed by atoms with Gasteiger partial charge in [0.2, 0.25) is 0 Å². The van der Waals surface area contributed by atoms with Crippen LogP contribution in [0, 0.1) is 11.7 Å². The Morgan fingerprint density at radius 1 is 1.29 bits per heavy atom. The Balaban J connectivity index is 1.53. The molecular weight excluding hydrogens is 355 g/mol. The molecule has 2 aromatic carbocycles. The monoisotopic (exact) mass is 384 g/mol. The van der Waals surface area contributed by atoms with Crippen LogP contribution >= 0.6 is 0 Å². The van der Waals surface area contributed by atoms with Crippen molar-refractivity contribution < 1.29 is 9.13 Å². The Morgan fingerprint density at radius 2 is 2.11 bits per heavy atom. The molecule has 28 heavy (non-hydrogen) atoms. The molecule has 5 nitrogen and oxygen atoms in total. The lowest BCUT2D eigenvalue weighted by Crippen LogP contribution is -2.41. The number of benzene rings is 2. The summed E-state index contributed by atoms with van der Waals surface area (Å²) in [6.07, 6.45) is 1.12. The fourth-order valence-electron chi connectivity index (χ4n) is 3.71. The maximum absolute atomic E-state index is 13.4. The number of rotatable bonds is 6. The molecule has 0 aromatic heterocycles. The van der Waals surface area contributed by atoms with E-state index in [4.69, 9.17) is 4.74 Å². The molecule has 0 saturated carbocycles. The van der Waals surface area contributed by atoms with Crippen molar-refractivity contribution in [2.75, 3.05) is 45.7 Å².